The summed E-state index contributed by atoms with van der Waals surface area (Å²) < 4.78 is 11.9. The summed E-state index contributed by atoms with van der Waals surface area (Å²) in [7, 11) is 3.40. The zero-order chi connectivity index (χ0) is 12.5. The summed E-state index contributed by atoms with van der Waals surface area (Å²) in [6.45, 7) is 0.637. The first-order chi connectivity index (χ1) is 8.76. The predicted molar refractivity (Wildman–Crippen MR) is 62.9 cm³/mol. The number of ether oxygens (including phenoxy) is 1. The van der Waals surface area contributed by atoms with Crippen LogP contribution >= 0.6 is 0 Å². The zero-order valence-electron chi connectivity index (χ0n) is 10.4. The van der Waals surface area contributed by atoms with E-state index < -0.39 is 0 Å². The molecule has 0 saturated heterocycles. The largest absolute Gasteiger partial charge is 0.481 e. The molecule has 3 rings (SSSR count). The first-order valence-electron chi connectivity index (χ1n) is 5.90. The van der Waals surface area contributed by atoms with E-state index in [1.165, 1.54) is 12.8 Å². The summed E-state index contributed by atoms with van der Waals surface area (Å²) >= 11 is 0. The van der Waals surface area contributed by atoms with Crippen molar-refractivity contribution in [3.05, 3.63) is 11.9 Å². The Morgan fingerprint density at radius 1 is 1.56 bits per heavy atom. The van der Waals surface area contributed by atoms with E-state index in [2.05, 4.69) is 20.6 Å². The molecule has 0 aliphatic heterocycles. The van der Waals surface area contributed by atoms with Gasteiger partial charge in [-0.15, -0.1) is 0 Å². The van der Waals surface area contributed by atoms with Crippen molar-refractivity contribution in [3.63, 3.8) is 0 Å². The fourth-order valence-electron chi connectivity index (χ4n) is 1.70. The van der Waals surface area contributed by atoms with Crippen molar-refractivity contribution in [2.75, 3.05) is 7.11 Å². The average Bonchev–Trinajstić information content (AvgIpc) is 2.95. The van der Waals surface area contributed by atoms with E-state index in [9.17, 15) is 0 Å². The third kappa shape index (κ3) is 2.21. The van der Waals surface area contributed by atoms with Crippen molar-refractivity contribution in [1.82, 2.24) is 25.2 Å². The highest BCUT2D eigenvalue weighted by atomic mass is 16.5. The quantitative estimate of drug-likeness (QED) is 0.841. The van der Waals surface area contributed by atoms with Crippen LogP contribution in [0.5, 0.6) is 5.88 Å². The fraction of sp³-hybridized carbons (Fsp3) is 0.545. The Morgan fingerprint density at radius 2 is 2.39 bits per heavy atom. The molecule has 1 fully saturated rings. The molecule has 7 nitrogen and oxygen atoms in total. The summed E-state index contributed by atoms with van der Waals surface area (Å²) in [6, 6.07) is 2.40. The maximum atomic E-state index is 5.18. The zero-order valence-corrected chi connectivity index (χ0v) is 10.4. The van der Waals surface area contributed by atoms with Crippen LogP contribution in [0.1, 0.15) is 18.7 Å². The second-order valence-corrected chi connectivity index (χ2v) is 4.37. The maximum absolute atomic E-state index is 5.18. The molecule has 1 N–H and O–H groups in total. The Bertz CT molecular complexity index is 543. The van der Waals surface area contributed by atoms with E-state index in [1.807, 2.05) is 0 Å². The van der Waals surface area contributed by atoms with Gasteiger partial charge < -0.3 is 14.6 Å². The predicted octanol–water partition coefficient (Wildman–Crippen LogP) is 0.731. The van der Waals surface area contributed by atoms with Crippen LogP contribution in [0.4, 0.5) is 0 Å². The molecule has 96 valence electrons. The lowest BCUT2D eigenvalue weighted by Gasteiger charge is -1.95. The summed E-state index contributed by atoms with van der Waals surface area (Å²) in [5.41, 5.74) is 0.625. The molecule has 0 aromatic carbocycles. The minimum atomic E-state index is 0.418. The summed E-state index contributed by atoms with van der Waals surface area (Å²) in [5.74, 6) is 1.73. The minimum absolute atomic E-state index is 0.418. The molecule has 1 aliphatic rings. The summed E-state index contributed by atoms with van der Waals surface area (Å²) in [4.78, 5) is 4.30. The van der Waals surface area contributed by atoms with Gasteiger partial charge in [0.2, 0.25) is 5.88 Å². The number of aromatic nitrogens is 4. The molecule has 2 aromatic rings. The van der Waals surface area contributed by atoms with Crippen molar-refractivity contribution >= 4 is 0 Å². The number of methoxy groups -OCH3 is 1. The van der Waals surface area contributed by atoms with Gasteiger partial charge >= 0.3 is 0 Å². The van der Waals surface area contributed by atoms with Gasteiger partial charge in [0.05, 0.1) is 13.7 Å². The Kier molecular flexibility index (Phi) is 2.75. The molecule has 0 atom stereocenters. The Morgan fingerprint density at radius 3 is 3.06 bits per heavy atom. The highest BCUT2D eigenvalue weighted by Gasteiger charge is 2.21. The normalized spacial score (nSPS) is 15.0. The van der Waals surface area contributed by atoms with Crippen LogP contribution in [-0.2, 0) is 13.6 Å². The Hall–Kier alpha value is -1.89. The highest BCUT2D eigenvalue weighted by Crippen LogP contribution is 2.22. The van der Waals surface area contributed by atoms with Crippen LogP contribution in [0.2, 0.25) is 0 Å². The van der Waals surface area contributed by atoms with Crippen LogP contribution < -0.4 is 10.1 Å². The fourth-order valence-corrected chi connectivity index (χ4v) is 1.70. The van der Waals surface area contributed by atoms with Gasteiger partial charge in [-0.3, -0.25) is 0 Å². The van der Waals surface area contributed by atoms with Gasteiger partial charge in [0, 0.05) is 19.2 Å². The van der Waals surface area contributed by atoms with E-state index in [0.29, 0.717) is 35.9 Å². The Balaban J connectivity index is 1.74. The number of aryl methyl sites for hydroxylation is 1. The second-order valence-electron chi connectivity index (χ2n) is 4.37. The third-order valence-corrected chi connectivity index (χ3v) is 2.86. The molecule has 2 aromatic heterocycles. The Labute approximate surface area is 104 Å². The third-order valence-electron chi connectivity index (χ3n) is 2.86. The van der Waals surface area contributed by atoms with Crippen molar-refractivity contribution < 1.29 is 9.26 Å². The van der Waals surface area contributed by atoms with Crippen molar-refractivity contribution in [2.45, 2.75) is 25.4 Å². The van der Waals surface area contributed by atoms with Crippen molar-refractivity contribution in [1.29, 1.82) is 0 Å². The molecule has 0 radical (unpaired) electrons. The number of hydrogen-bond acceptors (Lipinski definition) is 6. The molecular formula is C11H15N5O2. The first-order valence-corrected chi connectivity index (χ1v) is 5.90. The van der Waals surface area contributed by atoms with E-state index in [4.69, 9.17) is 9.26 Å². The minimum Gasteiger partial charge on any atom is -0.481 e. The lowest BCUT2D eigenvalue weighted by atomic mass is 10.4. The molecule has 0 spiro atoms. The number of nitrogens with one attached hydrogen (secondary N) is 1. The van der Waals surface area contributed by atoms with E-state index >= 15 is 0 Å². The summed E-state index contributed by atoms with van der Waals surface area (Å²) in [6.07, 6.45) is 2.48. The molecule has 1 saturated carbocycles. The molecular weight excluding hydrogens is 234 g/mol. The summed E-state index contributed by atoms with van der Waals surface area (Å²) in [5, 5.41) is 11.5. The van der Waals surface area contributed by atoms with Gasteiger partial charge in [-0.05, 0) is 12.8 Å². The first kappa shape index (κ1) is 11.2. The monoisotopic (exact) mass is 249 g/mol. The highest BCUT2D eigenvalue weighted by molar-refractivity contribution is 5.48. The van der Waals surface area contributed by atoms with E-state index in [0.717, 1.165) is 0 Å². The molecule has 2 heterocycles. The number of hydrogen-bond donors (Lipinski definition) is 1. The topological polar surface area (TPSA) is 78.0 Å². The maximum Gasteiger partial charge on any atom is 0.278 e. The van der Waals surface area contributed by atoms with Gasteiger partial charge in [-0.2, -0.15) is 10.1 Å². The second kappa shape index (κ2) is 4.41. The van der Waals surface area contributed by atoms with Gasteiger partial charge in [0.25, 0.3) is 5.89 Å². The number of nitrogens with zero attached hydrogens (tertiary/aromatic N) is 4. The standard InChI is InChI=1S/C11H15N5O2/c1-16-10(17-2)5-8(14-16)11-13-9(15-18-11)6-12-7-3-4-7/h5,7,12H,3-4,6H2,1-2H3. The molecule has 7 heteroatoms. The van der Waals surface area contributed by atoms with Crippen LogP contribution in [0.3, 0.4) is 0 Å². The van der Waals surface area contributed by atoms with Crippen LogP contribution in [-0.4, -0.2) is 33.1 Å². The van der Waals surface area contributed by atoms with Crippen LogP contribution in [0, 0.1) is 0 Å². The van der Waals surface area contributed by atoms with E-state index in [-0.39, 0.29) is 0 Å². The van der Waals surface area contributed by atoms with Gasteiger partial charge in [-0.25, -0.2) is 4.68 Å². The van der Waals surface area contributed by atoms with Crippen LogP contribution in [0.25, 0.3) is 11.6 Å². The van der Waals surface area contributed by atoms with Gasteiger partial charge in [0.15, 0.2) is 11.5 Å². The van der Waals surface area contributed by atoms with E-state index in [1.54, 1.807) is 24.9 Å². The SMILES string of the molecule is COc1cc(-c2nc(CNC3CC3)no2)nn1C. The lowest BCUT2D eigenvalue weighted by molar-refractivity contribution is 0.373. The van der Waals surface area contributed by atoms with Gasteiger partial charge in [0.1, 0.15) is 0 Å². The molecule has 0 amide bonds. The molecule has 0 bridgehead atoms. The smallest absolute Gasteiger partial charge is 0.278 e. The molecule has 1 aliphatic carbocycles. The van der Waals surface area contributed by atoms with Crippen molar-refractivity contribution in [3.8, 4) is 17.5 Å². The van der Waals surface area contributed by atoms with Crippen molar-refractivity contribution in [2.24, 2.45) is 7.05 Å². The lowest BCUT2D eigenvalue weighted by Crippen LogP contribution is -2.16. The molecule has 0 unspecified atom stereocenters. The van der Waals surface area contributed by atoms with Gasteiger partial charge in [-0.1, -0.05) is 5.16 Å². The molecule has 18 heavy (non-hydrogen) atoms. The number of rotatable bonds is 5. The average molecular weight is 249 g/mol. The van der Waals surface area contributed by atoms with Crippen LogP contribution in [0.15, 0.2) is 10.6 Å².